The summed E-state index contributed by atoms with van der Waals surface area (Å²) in [6.07, 6.45) is 2.08. The van der Waals surface area contributed by atoms with Crippen molar-refractivity contribution in [1.82, 2.24) is 4.90 Å². The molecule has 1 heterocycles. The fourth-order valence-corrected chi connectivity index (χ4v) is 2.76. The molecule has 1 aliphatic heterocycles. The van der Waals surface area contributed by atoms with Crippen molar-refractivity contribution in [1.29, 1.82) is 0 Å². The Morgan fingerprint density at radius 2 is 2.26 bits per heavy atom. The normalized spacial score (nSPS) is 18.4. The van der Waals surface area contributed by atoms with E-state index in [9.17, 15) is 14.0 Å². The van der Waals surface area contributed by atoms with Crippen molar-refractivity contribution in [3.05, 3.63) is 30.1 Å². The van der Waals surface area contributed by atoms with Crippen LogP contribution in [0, 0.1) is 11.7 Å². The van der Waals surface area contributed by atoms with Crippen molar-refractivity contribution in [2.75, 3.05) is 31.6 Å². The second-order valence-corrected chi connectivity index (χ2v) is 5.70. The summed E-state index contributed by atoms with van der Waals surface area (Å²) in [5.74, 6) is -0.790. The van der Waals surface area contributed by atoms with Crippen LogP contribution in [0.5, 0.6) is 0 Å². The van der Waals surface area contributed by atoms with Gasteiger partial charge in [0.2, 0.25) is 5.91 Å². The maximum Gasteiger partial charge on any atom is 0.310 e. The van der Waals surface area contributed by atoms with Gasteiger partial charge < -0.3 is 15.0 Å². The van der Waals surface area contributed by atoms with E-state index in [-0.39, 0.29) is 23.6 Å². The lowest BCUT2D eigenvalue weighted by Gasteiger charge is -2.31. The van der Waals surface area contributed by atoms with Gasteiger partial charge in [0, 0.05) is 25.2 Å². The lowest BCUT2D eigenvalue weighted by molar-refractivity contribution is -0.149. The zero-order valence-electron chi connectivity index (χ0n) is 13.4. The number of hydrogen-bond donors (Lipinski definition) is 1. The zero-order chi connectivity index (χ0) is 16.7. The summed E-state index contributed by atoms with van der Waals surface area (Å²) in [7, 11) is 0. The van der Waals surface area contributed by atoms with Gasteiger partial charge in [-0.3, -0.25) is 9.59 Å². The smallest absolute Gasteiger partial charge is 0.310 e. The molecule has 1 aromatic rings. The van der Waals surface area contributed by atoms with E-state index in [0.29, 0.717) is 31.8 Å². The first-order valence-corrected chi connectivity index (χ1v) is 8.03. The van der Waals surface area contributed by atoms with Crippen LogP contribution >= 0.6 is 0 Å². The third-order valence-electron chi connectivity index (χ3n) is 3.89. The highest BCUT2D eigenvalue weighted by molar-refractivity contribution is 5.90. The maximum atomic E-state index is 13.1. The Hall–Kier alpha value is -1.95. The van der Waals surface area contributed by atoms with E-state index in [4.69, 9.17) is 4.74 Å². The molecule has 23 heavy (non-hydrogen) atoms. The number of carbonyl (C=O) groups excluding carboxylic acids is 2. The van der Waals surface area contributed by atoms with E-state index in [1.54, 1.807) is 19.1 Å². The van der Waals surface area contributed by atoms with E-state index < -0.39 is 0 Å². The van der Waals surface area contributed by atoms with Crippen LogP contribution in [-0.2, 0) is 14.3 Å². The first-order valence-electron chi connectivity index (χ1n) is 8.03. The summed E-state index contributed by atoms with van der Waals surface area (Å²) >= 11 is 0. The van der Waals surface area contributed by atoms with E-state index >= 15 is 0 Å². The molecule has 1 fully saturated rings. The van der Waals surface area contributed by atoms with Crippen molar-refractivity contribution in [3.63, 3.8) is 0 Å². The maximum absolute atomic E-state index is 13.1. The number of nitrogens with zero attached hydrogens (tertiary/aromatic N) is 1. The Bertz CT molecular complexity index is 550. The molecular formula is C17H23FN2O3. The fraction of sp³-hybridized carbons (Fsp3) is 0.529. The standard InChI is InChI=1S/C17H23FN2O3/c1-2-23-17(22)13-5-4-9-20(12-13)10-8-16(21)19-15-7-3-6-14(18)11-15/h3,6-7,11,13H,2,4-5,8-10,12H2,1H3,(H,19,21)/t13-/m1/s1. The number of hydrogen-bond acceptors (Lipinski definition) is 4. The Morgan fingerprint density at radius 1 is 1.43 bits per heavy atom. The SMILES string of the molecule is CCOC(=O)[C@@H]1CCCN(CCC(=O)Nc2cccc(F)c2)C1. The molecule has 0 aromatic heterocycles. The number of likely N-dealkylation sites (tertiary alicyclic amines) is 1. The first-order chi connectivity index (χ1) is 11.1. The van der Waals surface area contributed by atoms with Crippen LogP contribution in [0.3, 0.4) is 0 Å². The highest BCUT2D eigenvalue weighted by Gasteiger charge is 2.26. The minimum Gasteiger partial charge on any atom is -0.466 e. The molecule has 0 radical (unpaired) electrons. The van der Waals surface area contributed by atoms with Crippen molar-refractivity contribution in [2.24, 2.45) is 5.92 Å². The third-order valence-corrected chi connectivity index (χ3v) is 3.89. The molecule has 1 amide bonds. The number of halogens is 1. The van der Waals surface area contributed by atoms with Gasteiger partial charge in [0.15, 0.2) is 0 Å². The lowest BCUT2D eigenvalue weighted by Crippen LogP contribution is -2.40. The summed E-state index contributed by atoms with van der Waals surface area (Å²) in [6.45, 7) is 4.28. The third kappa shape index (κ3) is 5.63. The summed E-state index contributed by atoms with van der Waals surface area (Å²) < 4.78 is 18.1. The topological polar surface area (TPSA) is 58.6 Å². The quantitative estimate of drug-likeness (QED) is 0.817. The summed E-state index contributed by atoms with van der Waals surface area (Å²) in [6, 6.07) is 5.83. The highest BCUT2D eigenvalue weighted by atomic mass is 19.1. The van der Waals surface area contributed by atoms with Gasteiger partial charge in [-0.2, -0.15) is 0 Å². The van der Waals surface area contributed by atoms with Gasteiger partial charge in [-0.05, 0) is 44.5 Å². The number of carbonyl (C=O) groups is 2. The monoisotopic (exact) mass is 322 g/mol. The van der Waals surface area contributed by atoms with Gasteiger partial charge in [-0.15, -0.1) is 0 Å². The van der Waals surface area contributed by atoms with Gasteiger partial charge >= 0.3 is 5.97 Å². The van der Waals surface area contributed by atoms with Crippen LogP contribution in [0.4, 0.5) is 10.1 Å². The molecule has 2 rings (SSSR count). The molecule has 1 N–H and O–H groups in total. The Morgan fingerprint density at radius 3 is 3.00 bits per heavy atom. The molecule has 5 nitrogen and oxygen atoms in total. The Labute approximate surface area is 135 Å². The van der Waals surface area contributed by atoms with Crippen LogP contribution in [0.1, 0.15) is 26.2 Å². The molecule has 0 spiro atoms. The number of nitrogens with one attached hydrogen (secondary N) is 1. The molecule has 1 aromatic carbocycles. The molecule has 126 valence electrons. The van der Waals surface area contributed by atoms with Gasteiger partial charge in [-0.1, -0.05) is 6.07 Å². The second-order valence-electron chi connectivity index (χ2n) is 5.70. The van der Waals surface area contributed by atoms with E-state index in [1.165, 1.54) is 12.1 Å². The Kier molecular flexibility index (Phi) is 6.52. The molecule has 1 saturated heterocycles. The van der Waals surface area contributed by atoms with Gasteiger partial charge in [0.1, 0.15) is 5.82 Å². The number of anilines is 1. The number of ether oxygens (including phenoxy) is 1. The highest BCUT2D eigenvalue weighted by Crippen LogP contribution is 2.18. The predicted molar refractivity (Wildman–Crippen MR) is 85.4 cm³/mol. The molecule has 6 heteroatoms. The number of esters is 1. The first kappa shape index (κ1) is 17.4. The van der Waals surface area contributed by atoms with Crippen LogP contribution in [0.2, 0.25) is 0 Å². The van der Waals surface area contributed by atoms with Crippen molar-refractivity contribution < 1.29 is 18.7 Å². The molecule has 0 aliphatic carbocycles. The van der Waals surface area contributed by atoms with E-state index in [1.807, 2.05) is 0 Å². The molecule has 1 atom stereocenters. The molecule has 1 aliphatic rings. The number of benzene rings is 1. The van der Waals surface area contributed by atoms with Crippen LogP contribution in [-0.4, -0.2) is 43.0 Å². The van der Waals surface area contributed by atoms with Gasteiger partial charge in [0.05, 0.1) is 12.5 Å². The number of rotatable bonds is 6. The minimum atomic E-state index is -0.379. The zero-order valence-corrected chi connectivity index (χ0v) is 13.4. The molecule has 0 saturated carbocycles. The number of amides is 1. The fourth-order valence-electron chi connectivity index (χ4n) is 2.76. The number of piperidine rings is 1. The van der Waals surface area contributed by atoms with Crippen molar-refractivity contribution in [3.8, 4) is 0 Å². The molecule has 0 bridgehead atoms. The molecule has 0 unspecified atom stereocenters. The average Bonchev–Trinajstić information content (AvgIpc) is 2.53. The Balaban J connectivity index is 1.76. The van der Waals surface area contributed by atoms with Crippen molar-refractivity contribution in [2.45, 2.75) is 26.2 Å². The van der Waals surface area contributed by atoms with Crippen LogP contribution in [0.25, 0.3) is 0 Å². The van der Waals surface area contributed by atoms with Crippen LogP contribution in [0.15, 0.2) is 24.3 Å². The van der Waals surface area contributed by atoms with Crippen LogP contribution < -0.4 is 5.32 Å². The average molecular weight is 322 g/mol. The summed E-state index contributed by atoms with van der Waals surface area (Å²) in [5.41, 5.74) is 0.457. The molecular weight excluding hydrogens is 299 g/mol. The summed E-state index contributed by atoms with van der Waals surface area (Å²) in [5, 5.41) is 2.68. The van der Waals surface area contributed by atoms with E-state index in [0.717, 1.165) is 19.4 Å². The van der Waals surface area contributed by atoms with Gasteiger partial charge in [-0.25, -0.2) is 4.39 Å². The lowest BCUT2D eigenvalue weighted by atomic mass is 9.98. The van der Waals surface area contributed by atoms with E-state index in [2.05, 4.69) is 10.2 Å². The minimum absolute atomic E-state index is 0.102. The summed E-state index contributed by atoms with van der Waals surface area (Å²) in [4.78, 5) is 25.8. The van der Waals surface area contributed by atoms with Gasteiger partial charge in [0.25, 0.3) is 0 Å². The second kappa shape index (κ2) is 8.62. The van der Waals surface area contributed by atoms with Crippen molar-refractivity contribution >= 4 is 17.6 Å². The predicted octanol–water partition coefficient (Wildman–Crippen LogP) is 2.43. The largest absolute Gasteiger partial charge is 0.466 e.